The minimum Gasteiger partial charge on any atom is -0.368 e. The monoisotopic (exact) mass is 325 g/mol. The fourth-order valence-corrected chi connectivity index (χ4v) is 2.88. The number of benzene rings is 1. The van der Waals surface area contributed by atoms with E-state index in [1.54, 1.807) is 7.05 Å². The summed E-state index contributed by atoms with van der Waals surface area (Å²) in [6.45, 7) is 4.58. The molecule has 0 aliphatic carbocycles. The summed E-state index contributed by atoms with van der Waals surface area (Å²) in [6.07, 6.45) is 0. The molecule has 1 heterocycles. The number of carbonyl (C=O) groups excluding carboxylic acids is 1. The first kappa shape index (κ1) is 14.5. The molecule has 2 rings (SSSR count). The van der Waals surface area contributed by atoms with Gasteiger partial charge in [0.1, 0.15) is 0 Å². The molecule has 0 unspecified atom stereocenters. The first-order chi connectivity index (χ1) is 9.11. The number of hydrogen-bond donors (Lipinski definition) is 1. The molecule has 19 heavy (non-hydrogen) atoms. The third kappa shape index (κ3) is 3.55. The van der Waals surface area contributed by atoms with Crippen LogP contribution in [-0.2, 0) is 0 Å². The highest BCUT2D eigenvalue weighted by molar-refractivity contribution is 9.10. The predicted octanol–water partition coefficient (Wildman–Crippen LogP) is 1.60. The van der Waals surface area contributed by atoms with E-state index in [4.69, 9.17) is 0 Å². The van der Waals surface area contributed by atoms with Crippen LogP contribution in [-0.4, -0.2) is 57.5 Å². The van der Waals surface area contributed by atoms with Crippen LogP contribution in [0.1, 0.15) is 10.4 Å². The Kier molecular flexibility index (Phi) is 4.96. The number of nitrogens with zero attached hydrogens (tertiary/aromatic N) is 2. The van der Waals surface area contributed by atoms with E-state index < -0.39 is 0 Å². The third-order valence-electron chi connectivity index (χ3n) is 3.45. The Hall–Kier alpha value is -0.910. The van der Waals surface area contributed by atoms with Crippen LogP contribution < -0.4 is 10.2 Å². The first-order valence-corrected chi connectivity index (χ1v) is 7.32. The van der Waals surface area contributed by atoms with Crippen molar-refractivity contribution in [2.75, 3.05) is 51.7 Å². The Morgan fingerprint density at radius 3 is 2.58 bits per heavy atom. The number of Topliss-reactive ketones (excluding diaryl/α,β-unsaturated/α-hetero) is 1. The molecular formula is C14H20BrN3O. The van der Waals surface area contributed by atoms with Crippen molar-refractivity contribution in [1.82, 2.24) is 10.2 Å². The zero-order valence-electron chi connectivity index (χ0n) is 11.4. The number of rotatable bonds is 4. The number of nitrogens with one attached hydrogen (secondary N) is 1. The van der Waals surface area contributed by atoms with Crippen LogP contribution in [0.3, 0.4) is 0 Å². The lowest BCUT2D eigenvalue weighted by atomic mass is 10.1. The number of piperazine rings is 1. The lowest BCUT2D eigenvalue weighted by Crippen LogP contribution is -2.44. The molecule has 104 valence electrons. The molecule has 1 fully saturated rings. The fraction of sp³-hybridized carbons (Fsp3) is 0.500. The Morgan fingerprint density at radius 1 is 1.32 bits per heavy atom. The Balaban J connectivity index is 2.13. The molecular weight excluding hydrogens is 306 g/mol. The zero-order chi connectivity index (χ0) is 13.8. The first-order valence-electron chi connectivity index (χ1n) is 6.52. The lowest BCUT2D eigenvalue weighted by Gasteiger charge is -2.34. The molecule has 0 amide bonds. The lowest BCUT2D eigenvalue weighted by molar-refractivity contribution is 0.0993. The summed E-state index contributed by atoms with van der Waals surface area (Å²) in [6, 6.07) is 5.88. The van der Waals surface area contributed by atoms with Gasteiger partial charge in [-0.2, -0.15) is 0 Å². The Labute approximate surface area is 122 Å². The average molecular weight is 326 g/mol. The van der Waals surface area contributed by atoms with Crippen LogP contribution >= 0.6 is 15.9 Å². The quantitative estimate of drug-likeness (QED) is 0.853. The fourth-order valence-electron chi connectivity index (χ4n) is 2.25. The van der Waals surface area contributed by atoms with Crippen LogP contribution in [0.2, 0.25) is 0 Å². The van der Waals surface area contributed by atoms with Gasteiger partial charge in [0.2, 0.25) is 0 Å². The van der Waals surface area contributed by atoms with Gasteiger partial charge in [-0.25, -0.2) is 0 Å². The van der Waals surface area contributed by atoms with E-state index in [-0.39, 0.29) is 5.78 Å². The SMILES string of the molecule is CNCC(=O)c1ccc(N2CCN(C)CC2)c(Br)c1. The van der Waals surface area contributed by atoms with Crippen molar-refractivity contribution in [3.05, 3.63) is 28.2 Å². The number of likely N-dealkylation sites (N-methyl/N-ethyl adjacent to an activating group) is 2. The van der Waals surface area contributed by atoms with E-state index in [1.807, 2.05) is 18.2 Å². The van der Waals surface area contributed by atoms with Crippen LogP contribution in [0.15, 0.2) is 22.7 Å². The van der Waals surface area contributed by atoms with E-state index in [0.29, 0.717) is 6.54 Å². The van der Waals surface area contributed by atoms with E-state index in [1.165, 1.54) is 5.69 Å². The van der Waals surface area contributed by atoms with E-state index >= 15 is 0 Å². The number of anilines is 1. The molecule has 0 spiro atoms. The highest BCUT2D eigenvalue weighted by atomic mass is 79.9. The van der Waals surface area contributed by atoms with Crippen molar-refractivity contribution < 1.29 is 4.79 Å². The standard InChI is InChI=1S/C14H20BrN3O/c1-16-10-14(19)11-3-4-13(12(15)9-11)18-7-5-17(2)6-8-18/h3-4,9,16H,5-8,10H2,1-2H3. The number of halogens is 1. The summed E-state index contributed by atoms with van der Waals surface area (Å²) in [5.74, 6) is 0.119. The van der Waals surface area contributed by atoms with Gasteiger partial charge in [0.15, 0.2) is 5.78 Å². The van der Waals surface area contributed by atoms with Crippen LogP contribution in [0.5, 0.6) is 0 Å². The number of ketones is 1. The highest BCUT2D eigenvalue weighted by Crippen LogP contribution is 2.28. The van der Waals surface area contributed by atoms with E-state index in [2.05, 4.69) is 38.1 Å². The molecule has 1 aromatic rings. The van der Waals surface area contributed by atoms with Crippen molar-refractivity contribution in [3.63, 3.8) is 0 Å². The van der Waals surface area contributed by atoms with Gasteiger partial charge in [-0.15, -0.1) is 0 Å². The van der Waals surface area contributed by atoms with E-state index in [9.17, 15) is 4.79 Å². The summed E-state index contributed by atoms with van der Waals surface area (Å²) in [5.41, 5.74) is 1.92. The minimum atomic E-state index is 0.119. The van der Waals surface area contributed by atoms with E-state index in [0.717, 1.165) is 36.2 Å². The molecule has 4 nitrogen and oxygen atoms in total. The van der Waals surface area contributed by atoms with Gasteiger partial charge < -0.3 is 15.1 Å². The summed E-state index contributed by atoms with van der Waals surface area (Å²) in [5, 5.41) is 2.89. The van der Waals surface area contributed by atoms with Crippen molar-refractivity contribution >= 4 is 27.4 Å². The third-order valence-corrected chi connectivity index (χ3v) is 4.09. The van der Waals surface area contributed by atoms with Gasteiger partial charge in [-0.1, -0.05) is 0 Å². The normalized spacial score (nSPS) is 16.7. The van der Waals surface area contributed by atoms with Crippen molar-refractivity contribution in [1.29, 1.82) is 0 Å². The molecule has 1 N–H and O–H groups in total. The van der Waals surface area contributed by atoms with Crippen molar-refractivity contribution in [2.45, 2.75) is 0 Å². The second-order valence-corrected chi connectivity index (χ2v) is 5.76. The molecule has 1 saturated heterocycles. The zero-order valence-corrected chi connectivity index (χ0v) is 13.0. The number of carbonyl (C=O) groups is 1. The number of hydrogen-bond acceptors (Lipinski definition) is 4. The summed E-state index contributed by atoms with van der Waals surface area (Å²) >= 11 is 3.59. The maximum Gasteiger partial charge on any atom is 0.176 e. The molecule has 1 aromatic carbocycles. The highest BCUT2D eigenvalue weighted by Gasteiger charge is 2.17. The molecule has 0 atom stereocenters. The maximum absolute atomic E-state index is 11.8. The van der Waals surface area contributed by atoms with Gasteiger partial charge in [-0.3, -0.25) is 4.79 Å². The van der Waals surface area contributed by atoms with Gasteiger partial charge in [0.05, 0.1) is 12.2 Å². The molecule has 0 saturated carbocycles. The molecule has 0 bridgehead atoms. The second kappa shape index (κ2) is 6.50. The second-order valence-electron chi connectivity index (χ2n) is 4.91. The molecule has 1 aliphatic rings. The maximum atomic E-state index is 11.8. The predicted molar refractivity (Wildman–Crippen MR) is 82.1 cm³/mol. The molecule has 1 aliphatic heterocycles. The van der Waals surface area contributed by atoms with Crippen LogP contribution in [0.4, 0.5) is 5.69 Å². The summed E-state index contributed by atoms with van der Waals surface area (Å²) < 4.78 is 0.999. The molecule has 0 aromatic heterocycles. The van der Waals surface area contributed by atoms with Gasteiger partial charge in [-0.05, 0) is 48.2 Å². The topological polar surface area (TPSA) is 35.6 Å². The minimum absolute atomic E-state index is 0.119. The average Bonchev–Trinajstić information content (AvgIpc) is 2.40. The van der Waals surface area contributed by atoms with Gasteiger partial charge >= 0.3 is 0 Å². The summed E-state index contributed by atoms with van der Waals surface area (Å²) in [7, 11) is 3.93. The van der Waals surface area contributed by atoms with Crippen molar-refractivity contribution in [3.8, 4) is 0 Å². The van der Waals surface area contributed by atoms with Crippen LogP contribution in [0.25, 0.3) is 0 Å². The Bertz CT molecular complexity index is 456. The van der Waals surface area contributed by atoms with Gasteiger partial charge in [0, 0.05) is 36.2 Å². The van der Waals surface area contributed by atoms with Crippen molar-refractivity contribution in [2.24, 2.45) is 0 Å². The molecule has 0 radical (unpaired) electrons. The van der Waals surface area contributed by atoms with Crippen LogP contribution in [0, 0.1) is 0 Å². The van der Waals surface area contributed by atoms with Gasteiger partial charge in [0.25, 0.3) is 0 Å². The summed E-state index contributed by atoms with van der Waals surface area (Å²) in [4.78, 5) is 16.5. The largest absolute Gasteiger partial charge is 0.368 e. The smallest absolute Gasteiger partial charge is 0.176 e. The molecule has 5 heteroatoms. The Morgan fingerprint density at radius 2 is 2.00 bits per heavy atom.